The highest BCUT2D eigenvalue weighted by atomic mass is 16.4. The second kappa shape index (κ2) is 5.70. The fourth-order valence-corrected chi connectivity index (χ4v) is 2.28. The Morgan fingerprint density at radius 2 is 1.89 bits per heavy atom. The van der Waals surface area contributed by atoms with E-state index in [9.17, 15) is 4.79 Å². The molecule has 0 radical (unpaired) electrons. The van der Waals surface area contributed by atoms with Crippen molar-refractivity contribution in [1.29, 1.82) is 0 Å². The summed E-state index contributed by atoms with van der Waals surface area (Å²) in [6.45, 7) is 4.19. The van der Waals surface area contributed by atoms with Gasteiger partial charge in [0.25, 0.3) is 0 Å². The molecular formula is C17H18O2. The molecule has 2 aromatic carbocycles. The topological polar surface area (TPSA) is 37.3 Å². The Balaban J connectivity index is 2.29. The van der Waals surface area contributed by atoms with Crippen LogP contribution in [0.2, 0.25) is 0 Å². The summed E-state index contributed by atoms with van der Waals surface area (Å²) in [5.41, 5.74) is 5.93. The van der Waals surface area contributed by atoms with Crippen molar-refractivity contribution in [1.82, 2.24) is 0 Å². The van der Waals surface area contributed by atoms with Crippen LogP contribution >= 0.6 is 0 Å². The molecule has 2 aromatic rings. The van der Waals surface area contributed by atoms with Gasteiger partial charge in [-0.05, 0) is 42.5 Å². The van der Waals surface area contributed by atoms with Crippen molar-refractivity contribution in [3.63, 3.8) is 0 Å². The van der Waals surface area contributed by atoms with Crippen molar-refractivity contribution >= 4 is 5.97 Å². The van der Waals surface area contributed by atoms with Crippen molar-refractivity contribution in [3.05, 3.63) is 59.2 Å². The number of aryl methyl sites for hydroxylation is 3. The lowest BCUT2D eigenvalue weighted by molar-refractivity contribution is -0.136. The number of hydrogen-bond acceptors (Lipinski definition) is 1. The predicted molar refractivity (Wildman–Crippen MR) is 77.3 cm³/mol. The van der Waals surface area contributed by atoms with E-state index < -0.39 is 5.97 Å². The maximum Gasteiger partial charge on any atom is 0.303 e. The van der Waals surface area contributed by atoms with Gasteiger partial charge in [-0.1, -0.05) is 48.0 Å². The van der Waals surface area contributed by atoms with Gasteiger partial charge in [0.1, 0.15) is 0 Å². The molecule has 0 bridgehead atoms. The van der Waals surface area contributed by atoms with Gasteiger partial charge in [-0.3, -0.25) is 4.79 Å². The van der Waals surface area contributed by atoms with Gasteiger partial charge in [-0.2, -0.15) is 0 Å². The molecular weight excluding hydrogens is 236 g/mol. The molecule has 0 aliphatic rings. The highest BCUT2D eigenvalue weighted by Gasteiger charge is 2.04. The molecule has 0 aliphatic carbocycles. The van der Waals surface area contributed by atoms with Gasteiger partial charge < -0.3 is 5.11 Å². The quantitative estimate of drug-likeness (QED) is 0.895. The van der Waals surface area contributed by atoms with Crippen molar-refractivity contribution in [2.75, 3.05) is 0 Å². The highest BCUT2D eigenvalue weighted by Crippen LogP contribution is 2.25. The van der Waals surface area contributed by atoms with Crippen LogP contribution in [0.15, 0.2) is 42.5 Å². The molecule has 0 saturated carbocycles. The van der Waals surface area contributed by atoms with Crippen molar-refractivity contribution in [2.24, 2.45) is 0 Å². The molecule has 0 aliphatic heterocycles. The van der Waals surface area contributed by atoms with E-state index in [1.807, 2.05) is 12.1 Å². The number of rotatable bonds is 4. The van der Waals surface area contributed by atoms with Crippen LogP contribution in [0.25, 0.3) is 11.1 Å². The molecule has 19 heavy (non-hydrogen) atoms. The number of carboxylic acids is 1. The first-order chi connectivity index (χ1) is 9.06. The van der Waals surface area contributed by atoms with Gasteiger partial charge in [0, 0.05) is 6.42 Å². The van der Waals surface area contributed by atoms with Crippen LogP contribution in [0.4, 0.5) is 0 Å². The Morgan fingerprint density at radius 3 is 2.58 bits per heavy atom. The van der Waals surface area contributed by atoms with Crippen LogP contribution in [0.3, 0.4) is 0 Å². The molecule has 0 saturated heterocycles. The third-order valence-electron chi connectivity index (χ3n) is 3.25. The zero-order chi connectivity index (χ0) is 13.8. The van der Waals surface area contributed by atoms with E-state index in [-0.39, 0.29) is 6.42 Å². The Morgan fingerprint density at radius 1 is 1.11 bits per heavy atom. The van der Waals surface area contributed by atoms with E-state index in [2.05, 4.69) is 44.2 Å². The second-order valence-electron chi connectivity index (χ2n) is 4.91. The van der Waals surface area contributed by atoms with Crippen LogP contribution in [-0.4, -0.2) is 11.1 Å². The largest absolute Gasteiger partial charge is 0.481 e. The summed E-state index contributed by atoms with van der Waals surface area (Å²) in [6.07, 6.45) is 0.754. The van der Waals surface area contributed by atoms with Gasteiger partial charge in [-0.25, -0.2) is 0 Å². The number of aliphatic carboxylic acids is 1. The molecule has 0 fully saturated rings. The van der Waals surface area contributed by atoms with Crippen LogP contribution in [0.5, 0.6) is 0 Å². The lowest BCUT2D eigenvalue weighted by Crippen LogP contribution is -1.97. The van der Waals surface area contributed by atoms with Crippen molar-refractivity contribution < 1.29 is 9.90 Å². The average molecular weight is 254 g/mol. The first-order valence-corrected chi connectivity index (χ1v) is 6.44. The minimum absolute atomic E-state index is 0.177. The fraction of sp³-hybridized carbons (Fsp3) is 0.235. The van der Waals surface area contributed by atoms with Crippen molar-refractivity contribution in [2.45, 2.75) is 26.7 Å². The lowest BCUT2D eigenvalue weighted by Gasteiger charge is -2.09. The molecule has 0 aromatic heterocycles. The Labute approximate surface area is 113 Å². The zero-order valence-electron chi connectivity index (χ0n) is 11.3. The Hall–Kier alpha value is -2.09. The van der Waals surface area contributed by atoms with E-state index in [4.69, 9.17) is 5.11 Å². The summed E-state index contributed by atoms with van der Waals surface area (Å²) in [5, 5.41) is 8.74. The lowest BCUT2D eigenvalue weighted by atomic mass is 9.96. The molecule has 0 atom stereocenters. The smallest absolute Gasteiger partial charge is 0.303 e. The van der Waals surface area contributed by atoms with E-state index >= 15 is 0 Å². The van der Waals surface area contributed by atoms with Crippen LogP contribution in [-0.2, 0) is 11.2 Å². The summed E-state index contributed by atoms with van der Waals surface area (Å²) >= 11 is 0. The third-order valence-corrected chi connectivity index (χ3v) is 3.25. The van der Waals surface area contributed by atoms with Crippen LogP contribution in [0, 0.1) is 13.8 Å². The fourth-order valence-electron chi connectivity index (χ4n) is 2.28. The molecule has 0 amide bonds. The third kappa shape index (κ3) is 3.44. The molecule has 0 spiro atoms. The Bertz CT molecular complexity index is 600. The molecule has 0 heterocycles. The van der Waals surface area contributed by atoms with Crippen LogP contribution in [0.1, 0.15) is 23.1 Å². The van der Waals surface area contributed by atoms with Gasteiger partial charge in [0.2, 0.25) is 0 Å². The normalized spacial score (nSPS) is 10.4. The summed E-state index contributed by atoms with van der Waals surface area (Å²) in [7, 11) is 0. The molecule has 98 valence electrons. The van der Waals surface area contributed by atoms with Gasteiger partial charge in [-0.15, -0.1) is 0 Å². The molecule has 2 rings (SSSR count). The maximum absolute atomic E-state index is 10.6. The average Bonchev–Trinajstić information content (AvgIpc) is 2.36. The van der Waals surface area contributed by atoms with Gasteiger partial charge >= 0.3 is 5.97 Å². The van der Waals surface area contributed by atoms with E-state index in [1.165, 1.54) is 16.7 Å². The first-order valence-electron chi connectivity index (χ1n) is 6.44. The minimum Gasteiger partial charge on any atom is -0.481 e. The summed E-state index contributed by atoms with van der Waals surface area (Å²) in [6, 6.07) is 14.5. The molecule has 2 nitrogen and oxygen atoms in total. The molecule has 0 unspecified atom stereocenters. The first kappa shape index (κ1) is 13.3. The predicted octanol–water partition coefficient (Wildman–Crippen LogP) is 3.99. The summed E-state index contributed by atoms with van der Waals surface area (Å²) in [4.78, 5) is 10.6. The summed E-state index contributed by atoms with van der Waals surface area (Å²) in [5.74, 6) is -0.753. The number of benzene rings is 2. The van der Waals surface area contributed by atoms with Gasteiger partial charge in [0.15, 0.2) is 0 Å². The number of carbonyl (C=O) groups is 1. The van der Waals surface area contributed by atoms with E-state index in [1.54, 1.807) is 0 Å². The highest BCUT2D eigenvalue weighted by molar-refractivity contribution is 5.69. The standard InChI is InChI=1S/C17H18O2/c1-12-6-8-16(13(2)10-12)15-5-3-4-14(11-15)7-9-17(18)19/h3-6,8,10-11H,7,9H2,1-2H3,(H,18,19). The maximum atomic E-state index is 10.6. The minimum atomic E-state index is -0.753. The van der Waals surface area contributed by atoms with E-state index in [0.717, 1.165) is 11.1 Å². The second-order valence-corrected chi connectivity index (χ2v) is 4.91. The SMILES string of the molecule is Cc1ccc(-c2cccc(CCC(=O)O)c2)c(C)c1. The molecule has 2 heteroatoms. The number of carboxylic acid groups (broad SMARTS) is 1. The summed E-state index contributed by atoms with van der Waals surface area (Å²) < 4.78 is 0. The van der Waals surface area contributed by atoms with Crippen LogP contribution < -0.4 is 0 Å². The zero-order valence-corrected chi connectivity index (χ0v) is 11.3. The van der Waals surface area contributed by atoms with Gasteiger partial charge in [0.05, 0.1) is 0 Å². The van der Waals surface area contributed by atoms with E-state index in [0.29, 0.717) is 6.42 Å². The molecule has 1 N–H and O–H groups in total. The monoisotopic (exact) mass is 254 g/mol. The van der Waals surface area contributed by atoms with Crippen molar-refractivity contribution in [3.8, 4) is 11.1 Å². The Kier molecular flexibility index (Phi) is 4.00. The number of hydrogen-bond donors (Lipinski definition) is 1.